The zero-order valence-electron chi connectivity index (χ0n) is 51.7. The Morgan fingerprint density at radius 2 is 0.506 bits per heavy atom. The van der Waals surface area contributed by atoms with Gasteiger partial charge < -0.3 is 14.2 Å². The molecule has 0 saturated carbocycles. The number of unbranched alkanes of at least 4 members (excludes halogenated alkanes) is 44. The molecule has 1 unspecified atom stereocenters. The molecule has 0 aromatic heterocycles. The van der Waals surface area contributed by atoms with E-state index in [0.29, 0.717) is 19.3 Å². The molecule has 450 valence electrons. The second-order valence-corrected chi connectivity index (χ2v) is 23.1. The monoisotopic (exact) mass is 1080 g/mol. The number of hydrogen-bond donors (Lipinski definition) is 0. The van der Waals surface area contributed by atoms with Crippen molar-refractivity contribution < 1.29 is 28.6 Å². The topological polar surface area (TPSA) is 78.9 Å². The molecule has 6 nitrogen and oxygen atoms in total. The van der Waals surface area contributed by atoms with Crippen LogP contribution < -0.4 is 0 Å². The van der Waals surface area contributed by atoms with E-state index in [9.17, 15) is 14.4 Å². The lowest BCUT2D eigenvalue weighted by atomic mass is 10.0. The van der Waals surface area contributed by atoms with Gasteiger partial charge in [0.05, 0.1) is 0 Å². The van der Waals surface area contributed by atoms with Crippen LogP contribution in [0.3, 0.4) is 0 Å². The fourth-order valence-electron chi connectivity index (χ4n) is 10.3. The van der Waals surface area contributed by atoms with Crippen LogP contribution in [0.2, 0.25) is 0 Å². The highest BCUT2D eigenvalue weighted by atomic mass is 16.6. The van der Waals surface area contributed by atoms with Crippen molar-refractivity contribution in [3.63, 3.8) is 0 Å². The maximum absolute atomic E-state index is 12.9. The molecule has 77 heavy (non-hydrogen) atoms. The van der Waals surface area contributed by atoms with Gasteiger partial charge in [0.15, 0.2) is 6.10 Å². The van der Waals surface area contributed by atoms with Crippen molar-refractivity contribution >= 4 is 17.9 Å². The minimum absolute atomic E-state index is 0.0853. The first-order valence-electron chi connectivity index (χ1n) is 34.1. The molecular formula is C71H130O6. The fraction of sp³-hybridized carbons (Fsp3) is 0.845. The van der Waals surface area contributed by atoms with Crippen LogP contribution in [-0.2, 0) is 28.6 Å². The van der Waals surface area contributed by atoms with Crippen molar-refractivity contribution in [1.82, 2.24) is 0 Å². The molecule has 0 saturated heterocycles. The Morgan fingerprint density at radius 3 is 0.792 bits per heavy atom. The Hall–Kier alpha value is -2.63. The van der Waals surface area contributed by atoms with Gasteiger partial charge in [0.25, 0.3) is 0 Å². The molecule has 0 bridgehead atoms. The number of allylic oxidation sites excluding steroid dienone is 8. The third kappa shape index (κ3) is 64.1. The zero-order valence-corrected chi connectivity index (χ0v) is 51.7. The Labute approximate surface area is 479 Å². The highest BCUT2D eigenvalue weighted by Gasteiger charge is 2.19. The molecule has 0 N–H and O–H groups in total. The van der Waals surface area contributed by atoms with E-state index in [4.69, 9.17) is 14.2 Å². The summed E-state index contributed by atoms with van der Waals surface area (Å²) >= 11 is 0. The number of ether oxygens (including phenoxy) is 3. The van der Waals surface area contributed by atoms with Gasteiger partial charge in [0, 0.05) is 19.3 Å². The van der Waals surface area contributed by atoms with E-state index in [0.717, 1.165) is 77.0 Å². The summed E-state index contributed by atoms with van der Waals surface area (Å²) < 4.78 is 16.9. The minimum atomic E-state index is -0.792. The molecule has 0 fully saturated rings. The van der Waals surface area contributed by atoms with E-state index in [1.165, 1.54) is 244 Å². The summed E-state index contributed by atoms with van der Waals surface area (Å²) in [6.45, 7) is 6.54. The van der Waals surface area contributed by atoms with E-state index in [1.807, 2.05) is 0 Å². The summed E-state index contributed by atoms with van der Waals surface area (Å²) in [6.07, 6.45) is 83.1. The van der Waals surface area contributed by atoms with Crippen LogP contribution in [0.25, 0.3) is 0 Å². The Kier molecular flexibility index (Phi) is 63.6. The van der Waals surface area contributed by atoms with Crippen LogP contribution in [0.4, 0.5) is 0 Å². The predicted octanol–water partition coefficient (Wildman–Crippen LogP) is 23.3. The summed E-state index contributed by atoms with van der Waals surface area (Å²) in [7, 11) is 0. The standard InChI is InChI=1S/C71H130O6/c1-4-7-10-13-16-19-22-25-27-28-29-30-31-32-33-34-35-36-37-38-39-40-41-42-43-45-46-49-52-55-58-61-64-70(73)76-67-68(66-75-69(72)63-60-57-54-51-48-24-21-18-15-12-9-6-3)77-71(74)65-62-59-56-53-50-47-44-26-23-20-17-14-11-8-5-2/h8,11,17,20,26,44,50,53,68H,4-7,9-10,12-16,18-19,21-25,27-43,45-49,51-52,54-67H2,1-3H3/b11-8-,20-17-,44-26-,53-50-. The van der Waals surface area contributed by atoms with Crippen molar-refractivity contribution in [2.45, 2.75) is 374 Å². The highest BCUT2D eigenvalue weighted by Crippen LogP contribution is 2.18. The Bertz CT molecular complexity index is 1330. The first-order chi connectivity index (χ1) is 38.0. The van der Waals surface area contributed by atoms with Crippen LogP contribution >= 0.6 is 0 Å². The smallest absolute Gasteiger partial charge is 0.306 e. The zero-order chi connectivity index (χ0) is 55.7. The van der Waals surface area contributed by atoms with Gasteiger partial charge >= 0.3 is 17.9 Å². The third-order valence-electron chi connectivity index (χ3n) is 15.3. The van der Waals surface area contributed by atoms with Gasteiger partial charge in [-0.3, -0.25) is 14.4 Å². The predicted molar refractivity (Wildman–Crippen MR) is 335 cm³/mol. The summed E-state index contributed by atoms with van der Waals surface area (Å²) in [5.74, 6) is -0.907. The average molecular weight is 1080 g/mol. The molecular weight excluding hydrogens is 949 g/mol. The van der Waals surface area contributed by atoms with Gasteiger partial charge in [-0.1, -0.05) is 339 Å². The second kappa shape index (κ2) is 65.9. The largest absolute Gasteiger partial charge is 0.462 e. The molecule has 0 aliphatic rings. The van der Waals surface area contributed by atoms with Crippen molar-refractivity contribution in [3.8, 4) is 0 Å². The number of carbonyl (C=O) groups excluding carboxylic acids is 3. The van der Waals surface area contributed by atoms with E-state index in [-0.39, 0.29) is 37.5 Å². The molecule has 0 radical (unpaired) electrons. The van der Waals surface area contributed by atoms with Gasteiger partial charge in [0.1, 0.15) is 13.2 Å². The van der Waals surface area contributed by atoms with Gasteiger partial charge in [-0.2, -0.15) is 0 Å². The SMILES string of the molecule is CC/C=C\C/C=C\C/C=C\C/C=C\CCCCC(=O)OC(COC(=O)CCCCCCCCCCCCCC)COC(=O)CCCCCCCCCCCCCCCCCCCCCCCCCCCCCCCCCC. The Balaban J connectivity index is 4.10. The third-order valence-corrected chi connectivity index (χ3v) is 15.3. The molecule has 0 spiro atoms. The summed E-state index contributed by atoms with van der Waals surface area (Å²) in [6, 6.07) is 0. The molecule has 0 aromatic rings. The molecule has 0 rings (SSSR count). The van der Waals surface area contributed by atoms with Crippen molar-refractivity contribution in [2.24, 2.45) is 0 Å². The van der Waals surface area contributed by atoms with Crippen LogP contribution in [0, 0.1) is 0 Å². The van der Waals surface area contributed by atoms with Gasteiger partial charge in [0.2, 0.25) is 0 Å². The maximum atomic E-state index is 12.9. The summed E-state index contributed by atoms with van der Waals surface area (Å²) in [4.78, 5) is 38.2. The van der Waals surface area contributed by atoms with E-state index < -0.39 is 6.10 Å². The highest BCUT2D eigenvalue weighted by molar-refractivity contribution is 5.71. The summed E-state index contributed by atoms with van der Waals surface area (Å²) in [5.41, 5.74) is 0. The number of hydrogen-bond acceptors (Lipinski definition) is 6. The van der Waals surface area contributed by atoms with Gasteiger partial charge in [-0.25, -0.2) is 0 Å². The van der Waals surface area contributed by atoms with Gasteiger partial charge in [-0.05, 0) is 57.8 Å². The first-order valence-corrected chi connectivity index (χ1v) is 34.1. The lowest BCUT2D eigenvalue weighted by molar-refractivity contribution is -0.167. The minimum Gasteiger partial charge on any atom is -0.462 e. The van der Waals surface area contributed by atoms with Crippen molar-refractivity contribution in [2.75, 3.05) is 13.2 Å². The first kappa shape index (κ1) is 74.4. The molecule has 0 amide bonds. The van der Waals surface area contributed by atoms with E-state index in [2.05, 4.69) is 69.4 Å². The van der Waals surface area contributed by atoms with Crippen LogP contribution in [0.5, 0.6) is 0 Å². The average Bonchev–Trinajstić information content (AvgIpc) is 3.43. The normalized spacial score (nSPS) is 12.3. The van der Waals surface area contributed by atoms with Gasteiger partial charge in [-0.15, -0.1) is 0 Å². The van der Waals surface area contributed by atoms with E-state index >= 15 is 0 Å². The van der Waals surface area contributed by atoms with Crippen LogP contribution in [-0.4, -0.2) is 37.2 Å². The number of esters is 3. The fourth-order valence-corrected chi connectivity index (χ4v) is 10.3. The van der Waals surface area contributed by atoms with Crippen LogP contribution in [0.15, 0.2) is 48.6 Å². The lowest BCUT2D eigenvalue weighted by Crippen LogP contribution is -2.30. The summed E-state index contributed by atoms with van der Waals surface area (Å²) in [5, 5.41) is 0. The lowest BCUT2D eigenvalue weighted by Gasteiger charge is -2.18. The molecule has 6 heteroatoms. The number of carbonyl (C=O) groups is 3. The molecule has 1 atom stereocenters. The molecule has 0 heterocycles. The van der Waals surface area contributed by atoms with Crippen molar-refractivity contribution in [3.05, 3.63) is 48.6 Å². The maximum Gasteiger partial charge on any atom is 0.306 e. The molecule has 0 aliphatic heterocycles. The quantitative estimate of drug-likeness (QED) is 0.0261. The van der Waals surface area contributed by atoms with Crippen LogP contribution in [0.1, 0.15) is 367 Å². The molecule has 0 aromatic carbocycles. The molecule has 0 aliphatic carbocycles. The van der Waals surface area contributed by atoms with E-state index in [1.54, 1.807) is 0 Å². The van der Waals surface area contributed by atoms with Crippen molar-refractivity contribution in [1.29, 1.82) is 0 Å². The Morgan fingerprint density at radius 1 is 0.273 bits per heavy atom. The second-order valence-electron chi connectivity index (χ2n) is 23.1. The number of rotatable bonds is 63.